The zero-order valence-corrected chi connectivity index (χ0v) is 29.4. The highest BCUT2D eigenvalue weighted by Crippen LogP contribution is 2.51. The Balaban J connectivity index is 0.000000242. The molecule has 1 aromatic heterocycles. The molecule has 4 nitrogen and oxygen atoms in total. The Kier molecular flexibility index (Phi) is 7.57. The molecule has 51 heavy (non-hydrogen) atoms. The van der Waals surface area contributed by atoms with Crippen LogP contribution >= 0.6 is 0 Å². The average molecular weight is 661 g/mol. The highest BCUT2D eigenvalue weighted by Gasteiger charge is 2.37. The van der Waals surface area contributed by atoms with E-state index in [-0.39, 0.29) is 22.3 Å². The molecular weight excluding hydrogens is 621 g/mol. The van der Waals surface area contributed by atoms with Crippen molar-refractivity contribution in [2.75, 3.05) is 5.73 Å². The van der Waals surface area contributed by atoms with Crippen LogP contribution < -0.4 is 5.73 Å². The quantitative estimate of drug-likeness (QED) is 0.130. The van der Waals surface area contributed by atoms with Crippen molar-refractivity contribution in [3.63, 3.8) is 0 Å². The van der Waals surface area contributed by atoms with Crippen LogP contribution in [0.3, 0.4) is 0 Å². The number of hydrogen-bond donors (Lipinski definition) is 3. The van der Waals surface area contributed by atoms with E-state index in [1.54, 1.807) is 12.4 Å². The van der Waals surface area contributed by atoms with Crippen LogP contribution in [0.4, 0.5) is 5.69 Å². The van der Waals surface area contributed by atoms with Crippen LogP contribution in [0.1, 0.15) is 61.1 Å². The van der Waals surface area contributed by atoms with E-state index in [4.69, 9.17) is 16.6 Å². The summed E-state index contributed by atoms with van der Waals surface area (Å²) in [5.41, 5.74) is 23.4. The first-order valence-corrected chi connectivity index (χ1v) is 17.4. The predicted molar refractivity (Wildman–Crippen MR) is 214 cm³/mol. The van der Waals surface area contributed by atoms with Crippen molar-refractivity contribution < 1.29 is 0 Å². The lowest BCUT2D eigenvalue weighted by Gasteiger charge is -2.24. The van der Waals surface area contributed by atoms with Crippen molar-refractivity contribution in [2.45, 2.75) is 38.5 Å². The van der Waals surface area contributed by atoms with Gasteiger partial charge in [-0.1, -0.05) is 113 Å². The fourth-order valence-electron chi connectivity index (χ4n) is 8.01. The van der Waals surface area contributed by atoms with Gasteiger partial charge >= 0.3 is 0 Å². The molecule has 0 radical (unpaired) electrons. The summed E-state index contributed by atoms with van der Waals surface area (Å²) in [6.07, 6.45) is 7.52. The van der Waals surface area contributed by atoms with E-state index >= 15 is 0 Å². The van der Waals surface area contributed by atoms with Crippen LogP contribution in [0.25, 0.3) is 44.5 Å². The van der Waals surface area contributed by atoms with Gasteiger partial charge in [0.05, 0.1) is 11.4 Å². The molecule has 3 aliphatic carbocycles. The molecule has 0 unspecified atom stereocenters. The van der Waals surface area contributed by atoms with Gasteiger partial charge in [0, 0.05) is 34.5 Å². The summed E-state index contributed by atoms with van der Waals surface area (Å²) >= 11 is 0. The largest absolute Gasteiger partial charge is 0.399 e. The molecule has 5 aromatic carbocycles. The second-order valence-electron chi connectivity index (χ2n) is 14.7. The number of benzene rings is 5. The Morgan fingerprint density at radius 1 is 0.490 bits per heavy atom. The Morgan fingerprint density at radius 3 is 1.55 bits per heavy atom. The van der Waals surface area contributed by atoms with Crippen molar-refractivity contribution in [2.24, 2.45) is 0 Å². The summed E-state index contributed by atoms with van der Waals surface area (Å²) in [5, 5.41) is 17.5. The van der Waals surface area contributed by atoms with Crippen molar-refractivity contribution in [1.29, 1.82) is 10.8 Å². The van der Waals surface area contributed by atoms with E-state index in [9.17, 15) is 0 Å². The smallest absolute Gasteiger partial charge is 0.0867 e. The van der Waals surface area contributed by atoms with E-state index in [1.165, 1.54) is 44.5 Å². The summed E-state index contributed by atoms with van der Waals surface area (Å²) in [7, 11) is 0. The highest BCUT2D eigenvalue weighted by atomic mass is 14.6. The number of nitrogens with two attached hydrogens (primary N) is 1. The standard InChI is InChI=1S/C36H30N2.C11H10N2/c1-35(2)29-11-7-5-9-24(29)26-15-13-21(18-31(26)35)23-17-28(34(38)33(37)20-23)22-14-16-27-25-10-6-8-12-30(25)36(3,4)32(27)19-22;12-11-3-1-9(2-4-11)10-5-7-13-8-6-10/h5-20,37-38H,1-4H3;1-8H,12H2. The minimum absolute atomic E-state index is 0.0789. The number of anilines is 1. The summed E-state index contributed by atoms with van der Waals surface area (Å²) in [4.78, 5) is 3.96. The number of hydrogen-bond acceptors (Lipinski definition) is 4. The number of nitrogens with one attached hydrogen (secondary N) is 2. The minimum Gasteiger partial charge on any atom is -0.399 e. The summed E-state index contributed by atoms with van der Waals surface area (Å²) < 4.78 is 0. The molecule has 0 bridgehead atoms. The van der Waals surface area contributed by atoms with Crippen molar-refractivity contribution >= 4 is 28.3 Å². The third-order valence-electron chi connectivity index (χ3n) is 10.9. The average Bonchev–Trinajstić information content (AvgIpc) is 3.52. The van der Waals surface area contributed by atoms with Gasteiger partial charge in [0.2, 0.25) is 0 Å². The van der Waals surface area contributed by atoms with Crippen molar-refractivity contribution in [1.82, 2.24) is 4.98 Å². The van der Waals surface area contributed by atoms with Crippen LogP contribution in [0, 0.1) is 10.8 Å². The van der Waals surface area contributed by atoms with E-state index in [1.807, 2.05) is 42.5 Å². The van der Waals surface area contributed by atoms with Crippen LogP contribution in [0.5, 0.6) is 0 Å². The summed E-state index contributed by atoms with van der Waals surface area (Å²) in [5.74, 6) is 0. The molecule has 9 rings (SSSR count). The molecule has 0 fully saturated rings. The van der Waals surface area contributed by atoms with E-state index < -0.39 is 0 Å². The number of aromatic nitrogens is 1. The Bertz CT molecular complexity index is 2440. The van der Waals surface area contributed by atoms with Crippen LogP contribution in [0.15, 0.2) is 146 Å². The van der Waals surface area contributed by atoms with Gasteiger partial charge in [0.25, 0.3) is 0 Å². The third-order valence-corrected chi connectivity index (χ3v) is 10.9. The maximum absolute atomic E-state index is 8.80. The molecule has 0 amide bonds. The first-order chi connectivity index (χ1) is 24.5. The second-order valence-corrected chi connectivity index (χ2v) is 14.7. The van der Waals surface area contributed by atoms with Crippen molar-refractivity contribution in [3.8, 4) is 33.4 Å². The highest BCUT2D eigenvalue weighted by molar-refractivity contribution is 6.61. The number of allylic oxidation sites excluding steroid dienone is 4. The topological polar surface area (TPSA) is 86.6 Å². The van der Waals surface area contributed by atoms with Crippen LogP contribution in [0.2, 0.25) is 0 Å². The summed E-state index contributed by atoms with van der Waals surface area (Å²) in [6.45, 7) is 9.14. The zero-order valence-electron chi connectivity index (χ0n) is 29.4. The fraction of sp³-hybridized carbons (Fsp3) is 0.128. The normalized spacial score (nSPS) is 15.8. The molecule has 0 atom stereocenters. The first kappa shape index (κ1) is 32.1. The molecule has 4 heteroatoms. The van der Waals surface area contributed by atoms with Crippen molar-refractivity contribution in [3.05, 3.63) is 179 Å². The van der Waals surface area contributed by atoms with E-state index in [0.29, 0.717) is 0 Å². The monoisotopic (exact) mass is 660 g/mol. The predicted octanol–water partition coefficient (Wildman–Crippen LogP) is 11.2. The lowest BCUT2D eigenvalue weighted by atomic mass is 9.80. The Hall–Kier alpha value is -6.13. The van der Waals surface area contributed by atoms with Gasteiger partial charge in [-0.15, -0.1) is 0 Å². The van der Waals surface area contributed by atoms with Gasteiger partial charge in [-0.2, -0.15) is 0 Å². The lowest BCUT2D eigenvalue weighted by molar-refractivity contribution is 0.660. The van der Waals surface area contributed by atoms with Gasteiger partial charge in [0.15, 0.2) is 0 Å². The maximum Gasteiger partial charge on any atom is 0.0867 e. The molecule has 248 valence electrons. The van der Waals surface area contributed by atoms with E-state index in [0.717, 1.165) is 39.1 Å². The maximum atomic E-state index is 8.80. The molecular formula is C47H40N4. The molecule has 0 spiro atoms. The SMILES string of the molecule is CC1(C)c2ccccc2-c2ccc(C3=CC(=N)C(=N)C(c4ccc5c(c4)C(C)(C)c4ccccc4-5)=C3)cc21.Nc1ccc(-c2ccncc2)cc1. The number of nitrogens with zero attached hydrogens (tertiary/aromatic N) is 1. The molecule has 6 aromatic rings. The summed E-state index contributed by atoms with van der Waals surface area (Å²) in [6, 6.07) is 42.3. The molecule has 0 aliphatic heterocycles. The second kappa shape index (κ2) is 12.0. The number of rotatable bonds is 3. The van der Waals surface area contributed by atoms with Gasteiger partial charge in [-0.25, -0.2) is 0 Å². The first-order valence-electron chi connectivity index (χ1n) is 17.4. The third kappa shape index (κ3) is 5.35. The van der Waals surface area contributed by atoms with Gasteiger partial charge in [0.1, 0.15) is 0 Å². The lowest BCUT2D eigenvalue weighted by Crippen LogP contribution is -2.18. The molecule has 3 aliphatic rings. The number of fused-ring (bicyclic) bond motifs is 6. The molecule has 0 saturated heterocycles. The molecule has 0 saturated carbocycles. The van der Waals surface area contributed by atoms with Crippen LogP contribution in [-0.2, 0) is 10.8 Å². The number of nitrogen functional groups attached to an aromatic ring is 1. The van der Waals surface area contributed by atoms with Gasteiger partial charge in [-0.05, 0) is 121 Å². The zero-order chi connectivity index (χ0) is 35.5. The van der Waals surface area contributed by atoms with Crippen LogP contribution in [-0.4, -0.2) is 16.4 Å². The Labute approximate surface area is 300 Å². The van der Waals surface area contributed by atoms with Gasteiger partial charge < -0.3 is 5.73 Å². The molecule has 1 heterocycles. The minimum atomic E-state index is -0.105. The number of pyridine rings is 1. The van der Waals surface area contributed by atoms with Gasteiger partial charge in [-0.3, -0.25) is 15.8 Å². The van der Waals surface area contributed by atoms with E-state index in [2.05, 4.69) is 124 Å². The Morgan fingerprint density at radius 2 is 0.961 bits per heavy atom. The fourth-order valence-corrected chi connectivity index (χ4v) is 8.01. The molecule has 4 N–H and O–H groups in total.